The molecule has 1 aromatic heterocycles. The normalized spacial score (nSPS) is 24.0. The molecule has 32 heavy (non-hydrogen) atoms. The Balaban J connectivity index is 1.37. The van der Waals surface area contributed by atoms with Crippen LogP contribution in [0.5, 0.6) is 11.5 Å². The number of rotatable bonds is 5. The van der Waals surface area contributed by atoms with E-state index in [9.17, 15) is 4.79 Å². The highest BCUT2D eigenvalue weighted by Crippen LogP contribution is 2.56. The second-order valence-corrected chi connectivity index (χ2v) is 8.98. The van der Waals surface area contributed by atoms with Crippen LogP contribution in [0.3, 0.4) is 0 Å². The van der Waals surface area contributed by atoms with Crippen molar-refractivity contribution in [1.82, 2.24) is 20.4 Å². The van der Waals surface area contributed by atoms with Crippen molar-refractivity contribution in [2.24, 2.45) is 13.0 Å². The molecule has 164 valence electrons. The van der Waals surface area contributed by atoms with E-state index in [4.69, 9.17) is 9.47 Å². The molecule has 3 heterocycles. The van der Waals surface area contributed by atoms with Crippen LogP contribution in [0.15, 0.2) is 54.9 Å². The standard InChI is InChI=1S/C25H26N4O3/c1-29-14-18(13-27-29)16-5-2-6-17(11-16)23(25-12-19(25)7-4-10-26-25)28-24(30)20-8-3-9-21-22(20)32-15-31-21/h2-3,5-6,8-9,11,13-14,19,23,26H,4,7,10,12,15H2,1H3,(H,28,30)/t19?,23-,25?/m0/s1. The van der Waals surface area contributed by atoms with Crippen LogP contribution in [-0.2, 0) is 7.05 Å². The first-order valence-electron chi connectivity index (χ1n) is 11.2. The van der Waals surface area contributed by atoms with Gasteiger partial charge in [0.25, 0.3) is 5.91 Å². The van der Waals surface area contributed by atoms with Crippen molar-refractivity contribution in [3.8, 4) is 22.6 Å². The van der Waals surface area contributed by atoms with Gasteiger partial charge in [0.05, 0.1) is 17.8 Å². The number of nitrogens with one attached hydrogen (secondary N) is 2. The van der Waals surface area contributed by atoms with Crippen LogP contribution in [0.1, 0.15) is 41.2 Å². The van der Waals surface area contributed by atoms with Crippen LogP contribution in [0.2, 0.25) is 0 Å². The zero-order chi connectivity index (χ0) is 21.7. The number of hydrogen-bond donors (Lipinski definition) is 2. The van der Waals surface area contributed by atoms with E-state index < -0.39 is 0 Å². The number of ether oxygens (including phenoxy) is 2. The molecule has 1 aliphatic carbocycles. The van der Waals surface area contributed by atoms with Gasteiger partial charge in [0, 0.05) is 24.3 Å². The molecule has 2 aliphatic heterocycles. The SMILES string of the molecule is Cn1cc(-c2cccc([C@H](NC(=O)c3cccc4c3OCO4)C34CC3CCCN4)c2)cn1. The minimum Gasteiger partial charge on any atom is -0.454 e. The molecule has 6 rings (SSSR count). The summed E-state index contributed by atoms with van der Waals surface area (Å²) in [7, 11) is 1.92. The van der Waals surface area contributed by atoms with Crippen LogP contribution in [-0.4, -0.2) is 34.6 Å². The zero-order valence-corrected chi connectivity index (χ0v) is 18.0. The molecule has 0 bridgehead atoms. The third-order valence-corrected chi connectivity index (χ3v) is 7.03. The van der Waals surface area contributed by atoms with Crippen LogP contribution in [0, 0.1) is 5.92 Å². The fourth-order valence-corrected chi connectivity index (χ4v) is 5.35. The molecule has 3 atom stereocenters. The predicted octanol–water partition coefficient (Wildman–Crippen LogP) is 3.43. The van der Waals surface area contributed by atoms with E-state index in [-0.39, 0.29) is 24.3 Å². The van der Waals surface area contributed by atoms with E-state index in [0.29, 0.717) is 23.0 Å². The van der Waals surface area contributed by atoms with Gasteiger partial charge in [0.1, 0.15) is 0 Å². The molecule has 2 N–H and O–H groups in total. The first-order valence-corrected chi connectivity index (χ1v) is 11.2. The smallest absolute Gasteiger partial charge is 0.255 e. The summed E-state index contributed by atoms with van der Waals surface area (Å²) in [6.07, 6.45) is 7.32. The van der Waals surface area contributed by atoms with E-state index in [1.807, 2.05) is 31.6 Å². The molecule has 0 spiro atoms. The van der Waals surface area contributed by atoms with Crippen LogP contribution in [0.25, 0.3) is 11.1 Å². The van der Waals surface area contributed by atoms with E-state index >= 15 is 0 Å². The fourth-order valence-electron chi connectivity index (χ4n) is 5.35. The molecule has 3 aromatic rings. The van der Waals surface area contributed by atoms with Gasteiger partial charge >= 0.3 is 0 Å². The molecule has 0 radical (unpaired) electrons. The van der Waals surface area contributed by atoms with Crippen molar-refractivity contribution >= 4 is 5.91 Å². The van der Waals surface area contributed by atoms with Crippen molar-refractivity contribution in [1.29, 1.82) is 0 Å². The average molecular weight is 431 g/mol. The molecule has 3 aliphatic rings. The number of carbonyl (C=O) groups is 1. The average Bonchev–Trinajstić information content (AvgIpc) is 3.11. The number of benzene rings is 2. The second kappa shape index (κ2) is 7.38. The Bertz CT molecular complexity index is 1190. The molecule has 1 saturated heterocycles. The van der Waals surface area contributed by atoms with E-state index in [1.165, 1.54) is 12.8 Å². The Labute approximate surface area is 186 Å². The topological polar surface area (TPSA) is 77.4 Å². The number of nitrogens with zero attached hydrogens (tertiary/aromatic N) is 2. The lowest BCUT2D eigenvalue weighted by Crippen LogP contribution is -2.49. The minimum atomic E-state index is -0.143. The molecular formula is C25H26N4O3. The number of piperidine rings is 1. The summed E-state index contributed by atoms with van der Waals surface area (Å²) in [5.41, 5.74) is 3.67. The lowest BCUT2D eigenvalue weighted by Gasteiger charge is -2.33. The van der Waals surface area contributed by atoms with Gasteiger partial charge < -0.3 is 20.1 Å². The summed E-state index contributed by atoms with van der Waals surface area (Å²) >= 11 is 0. The van der Waals surface area contributed by atoms with Crippen molar-refractivity contribution in [2.45, 2.75) is 30.8 Å². The largest absolute Gasteiger partial charge is 0.454 e. The van der Waals surface area contributed by atoms with Crippen LogP contribution < -0.4 is 20.1 Å². The van der Waals surface area contributed by atoms with Crippen molar-refractivity contribution in [3.05, 3.63) is 66.0 Å². The maximum Gasteiger partial charge on any atom is 0.255 e. The zero-order valence-electron chi connectivity index (χ0n) is 18.0. The summed E-state index contributed by atoms with van der Waals surface area (Å²) in [6.45, 7) is 1.12. The highest BCUT2D eigenvalue weighted by atomic mass is 16.7. The van der Waals surface area contributed by atoms with Gasteiger partial charge in [-0.15, -0.1) is 0 Å². The number of carbonyl (C=O) groups excluding carboxylic acids is 1. The molecule has 2 unspecified atom stereocenters. The summed E-state index contributed by atoms with van der Waals surface area (Å²) in [5.74, 6) is 1.57. The van der Waals surface area contributed by atoms with Crippen molar-refractivity contribution in [3.63, 3.8) is 0 Å². The Morgan fingerprint density at radius 2 is 2.16 bits per heavy atom. The molecule has 1 amide bonds. The Morgan fingerprint density at radius 3 is 3.00 bits per heavy atom. The first-order chi connectivity index (χ1) is 15.6. The molecular weight excluding hydrogens is 404 g/mol. The fraction of sp³-hybridized carbons (Fsp3) is 0.360. The molecule has 7 heteroatoms. The van der Waals surface area contributed by atoms with Gasteiger partial charge in [-0.05, 0) is 61.1 Å². The lowest BCUT2D eigenvalue weighted by atomic mass is 9.90. The molecule has 1 saturated carbocycles. The molecule has 7 nitrogen and oxygen atoms in total. The minimum absolute atomic E-state index is 0.100. The number of hydrogen-bond acceptors (Lipinski definition) is 5. The van der Waals surface area contributed by atoms with Gasteiger partial charge in [0.15, 0.2) is 11.5 Å². The number of amides is 1. The van der Waals surface area contributed by atoms with Crippen molar-refractivity contribution < 1.29 is 14.3 Å². The van der Waals surface area contributed by atoms with E-state index in [0.717, 1.165) is 29.7 Å². The lowest BCUT2D eigenvalue weighted by molar-refractivity contribution is 0.0913. The molecule has 2 fully saturated rings. The van der Waals surface area contributed by atoms with Gasteiger partial charge in [-0.3, -0.25) is 9.48 Å². The number of fused-ring (bicyclic) bond motifs is 2. The monoisotopic (exact) mass is 430 g/mol. The quantitative estimate of drug-likeness (QED) is 0.649. The Morgan fingerprint density at radius 1 is 1.25 bits per heavy atom. The van der Waals surface area contributed by atoms with Crippen LogP contribution >= 0.6 is 0 Å². The van der Waals surface area contributed by atoms with E-state index in [2.05, 4.69) is 40.0 Å². The summed E-state index contributed by atoms with van der Waals surface area (Å²) in [4.78, 5) is 13.5. The second-order valence-electron chi connectivity index (χ2n) is 8.98. The predicted molar refractivity (Wildman–Crippen MR) is 119 cm³/mol. The summed E-state index contributed by atoms with van der Waals surface area (Å²) in [5, 5.41) is 11.4. The van der Waals surface area contributed by atoms with E-state index in [1.54, 1.807) is 10.7 Å². The third-order valence-electron chi connectivity index (χ3n) is 7.03. The summed E-state index contributed by atoms with van der Waals surface area (Å²) < 4.78 is 12.9. The first kappa shape index (κ1) is 19.4. The highest BCUT2D eigenvalue weighted by molar-refractivity contribution is 5.98. The maximum atomic E-state index is 13.5. The van der Waals surface area contributed by atoms with Gasteiger partial charge in [-0.2, -0.15) is 5.10 Å². The summed E-state index contributed by atoms with van der Waals surface area (Å²) in [6, 6.07) is 13.7. The van der Waals surface area contributed by atoms with Crippen molar-refractivity contribution in [2.75, 3.05) is 13.3 Å². The third kappa shape index (κ3) is 3.15. The van der Waals surface area contributed by atoms with Gasteiger partial charge in [-0.1, -0.05) is 24.3 Å². The molecule has 2 aromatic carbocycles. The maximum absolute atomic E-state index is 13.5. The highest BCUT2D eigenvalue weighted by Gasteiger charge is 2.60. The Hall–Kier alpha value is -3.32. The Kier molecular flexibility index (Phi) is 4.47. The number of aryl methyl sites for hydroxylation is 1. The van der Waals surface area contributed by atoms with Gasteiger partial charge in [-0.25, -0.2) is 0 Å². The van der Waals surface area contributed by atoms with Gasteiger partial charge in [0.2, 0.25) is 6.79 Å². The number of para-hydroxylation sites is 1. The number of aromatic nitrogens is 2. The van der Waals surface area contributed by atoms with Crippen LogP contribution in [0.4, 0.5) is 0 Å².